The topological polar surface area (TPSA) is 154 Å². The van der Waals surface area contributed by atoms with Crippen LogP contribution >= 0.6 is 11.3 Å². The summed E-state index contributed by atoms with van der Waals surface area (Å²) in [6, 6.07) is 7.75. The molecule has 1 aliphatic heterocycles. The Morgan fingerprint density at radius 1 is 1.06 bits per heavy atom. The quantitative estimate of drug-likeness (QED) is 0.150. The molecule has 2 aromatic carbocycles. The maximum Gasteiger partial charge on any atom is 0.293 e. The standard InChI is InChI=1S/C36H31F6N9O2S/c1-35(53)12-50(13-35)34-46-33-23(54-34)11-19(17-4-3-5-18-27(17)49(2)48-31(18)43)25(45-33)21(8-14-6-15(37)9-16(38)7-14)28(32(44)52)51-29-24(26(47-51)30(39)40)20-10-22(20)36(29,41)42/h3-7,9,11,20-22,28,30,53H,8,10,12-13H2,1-2H3,(H2,43,48)(H2,44,52)/t20-,21+,22+,28?/m0/s1. The number of aliphatic hydroxyl groups is 1. The molecule has 1 unspecified atom stereocenters. The molecule has 1 amide bonds. The van der Waals surface area contributed by atoms with Gasteiger partial charge in [0.15, 0.2) is 16.6 Å². The van der Waals surface area contributed by atoms with Crippen molar-refractivity contribution in [3.05, 3.63) is 82.3 Å². The largest absolute Gasteiger partial charge is 0.386 e. The molecule has 18 heteroatoms. The minimum atomic E-state index is -3.62. The van der Waals surface area contributed by atoms with E-state index in [1.807, 2.05) is 4.90 Å². The Balaban J connectivity index is 1.33. The SMILES string of the molecule is Cn1nc(N)c2cccc(-c3cc4sc(N5CC(C)(O)C5)nc4nc3[C@@H](Cc3cc(F)cc(F)c3)C(C(N)=O)n3nc(C(F)F)c4c3C(F)(F)[C@@H]3C[C@H]43)c21. The number of nitrogen functional groups attached to an aromatic ring is 1. The number of rotatable bonds is 9. The molecule has 54 heavy (non-hydrogen) atoms. The number of hydrogen-bond donors (Lipinski definition) is 3. The zero-order valence-corrected chi connectivity index (χ0v) is 29.4. The number of primary amides is 1. The van der Waals surface area contributed by atoms with E-state index in [0.29, 0.717) is 55.7 Å². The van der Waals surface area contributed by atoms with E-state index in [1.165, 1.54) is 11.3 Å². The van der Waals surface area contributed by atoms with E-state index in [2.05, 4.69) is 10.2 Å². The van der Waals surface area contributed by atoms with E-state index in [0.717, 1.165) is 12.1 Å². The van der Waals surface area contributed by atoms with Gasteiger partial charge in [0.1, 0.15) is 29.1 Å². The lowest BCUT2D eigenvalue weighted by atomic mass is 9.84. The molecular weight excluding hydrogens is 737 g/mol. The van der Waals surface area contributed by atoms with E-state index in [-0.39, 0.29) is 34.7 Å². The summed E-state index contributed by atoms with van der Waals surface area (Å²) in [7, 11) is 1.67. The number of anilines is 2. The number of halogens is 6. The van der Waals surface area contributed by atoms with Crippen molar-refractivity contribution in [1.82, 2.24) is 29.5 Å². The van der Waals surface area contributed by atoms with Crippen LogP contribution < -0.4 is 16.4 Å². The molecule has 4 aromatic heterocycles. The van der Waals surface area contributed by atoms with Gasteiger partial charge < -0.3 is 21.5 Å². The second kappa shape index (κ2) is 11.6. The molecule has 9 rings (SSSR count). The van der Waals surface area contributed by atoms with Gasteiger partial charge in [-0.1, -0.05) is 23.5 Å². The average Bonchev–Trinajstić information content (AvgIpc) is 3.35. The molecule has 5 heterocycles. The van der Waals surface area contributed by atoms with Crippen molar-refractivity contribution < 1.29 is 36.2 Å². The van der Waals surface area contributed by atoms with Crippen LogP contribution in [0, 0.1) is 17.6 Å². The monoisotopic (exact) mass is 767 g/mol. The molecule has 0 radical (unpaired) electrons. The summed E-state index contributed by atoms with van der Waals surface area (Å²) in [6.45, 7) is 2.28. The molecule has 6 aromatic rings. The van der Waals surface area contributed by atoms with Crippen LogP contribution in [0.15, 0.2) is 42.5 Å². The van der Waals surface area contributed by atoms with Crippen LogP contribution in [0.2, 0.25) is 0 Å². The highest BCUT2D eigenvalue weighted by Crippen LogP contribution is 2.68. The summed E-state index contributed by atoms with van der Waals surface area (Å²) in [6.07, 6.45) is -3.68. The third-order valence-corrected chi connectivity index (χ3v) is 11.8. The van der Waals surface area contributed by atoms with Crippen LogP contribution in [0.4, 0.5) is 37.3 Å². The highest BCUT2D eigenvalue weighted by molar-refractivity contribution is 7.22. The van der Waals surface area contributed by atoms with Gasteiger partial charge in [0.2, 0.25) is 5.91 Å². The van der Waals surface area contributed by atoms with Crippen molar-refractivity contribution in [2.45, 2.75) is 55.6 Å². The number of carbonyl (C=O) groups excluding carboxylic acids is 1. The van der Waals surface area contributed by atoms with Gasteiger partial charge in [-0.3, -0.25) is 9.48 Å². The van der Waals surface area contributed by atoms with Crippen molar-refractivity contribution >= 4 is 49.4 Å². The van der Waals surface area contributed by atoms with E-state index in [4.69, 9.17) is 21.4 Å². The van der Waals surface area contributed by atoms with Crippen LogP contribution in [-0.4, -0.2) is 59.2 Å². The number of fused-ring (bicyclic) bond motifs is 5. The molecule has 0 spiro atoms. The number of para-hydroxylation sites is 1. The first-order valence-corrected chi connectivity index (χ1v) is 17.9. The summed E-state index contributed by atoms with van der Waals surface area (Å²) in [5.74, 6) is -10.1. The lowest BCUT2D eigenvalue weighted by Crippen LogP contribution is -2.60. The number of hydrogen-bond acceptors (Lipinski definition) is 9. The molecule has 2 aliphatic carbocycles. The lowest BCUT2D eigenvalue weighted by molar-refractivity contribution is -0.122. The fourth-order valence-electron chi connectivity index (χ4n) is 8.44. The highest BCUT2D eigenvalue weighted by atomic mass is 32.1. The number of aryl methyl sites for hydroxylation is 1. The summed E-state index contributed by atoms with van der Waals surface area (Å²) in [5, 5.41) is 19.8. The normalized spacial score (nSPS) is 20.7. The number of thiazole rings is 1. The zero-order chi connectivity index (χ0) is 38.2. The van der Waals surface area contributed by atoms with Gasteiger partial charge in [0.05, 0.1) is 34.6 Å². The van der Waals surface area contributed by atoms with Crippen LogP contribution in [-0.2, 0) is 24.2 Å². The Bertz CT molecular complexity index is 2520. The Labute approximate surface area is 306 Å². The van der Waals surface area contributed by atoms with E-state index in [1.54, 1.807) is 42.9 Å². The average molecular weight is 768 g/mol. The number of benzene rings is 2. The first kappa shape index (κ1) is 34.5. The smallest absolute Gasteiger partial charge is 0.293 e. The predicted molar refractivity (Wildman–Crippen MR) is 187 cm³/mol. The van der Waals surface area contributed by atoms with Gasteiger partial charge >= 0.3 is 0 Å². The number of pyridine rings is 1. The number of amides is 1. The molecule has 2 fully saturated rings. The molecule has 0 bridgehead atoms. The Kier molecular flexibility index (Phi) is 7.44. The van der Waals surface area contributed by atoms with E-state index >= 15 is 8.78 Å². The first-order chi connectivity index (χ1) is 25.5. The third kappa shape index (κ3) is 5.24. The highest BCUT2D eigenvalue weighted by Gasteiger charge is 2.67. The molecule has 280 valence electrons. The summed E-state index contributed by atoms with van der Waals surface area (Å²) in [4.78, 5) is 25.3. The van der Waals surface area contributed by atoms with Crippen molar-refractivity contribution in [2.75, 3.05) is 23.7 Å². The van der Waals surface area contributed by atoms with E-state index in [9.17, 15) is 27.5 Å². The minimum Gasteiger partial charge on any atom is -0.386 e. The van der Waals surface area contributed by atoms with Crippen LogP contribution in [0.1, 0.15) is 65.9 Å². The third-order valence-electron chi connectivity index (χ3n) is 10.7. The zero-order valence-electron chi connectivity index (χ0n) is 28.6. The van der Waals surface area contributed by atoms with Crippen molar-refractivity contribution in [3.8, 4) is 11.1 Å². The molecule has 1 saturated carbocycles. The first-order valence-electron chi connectivity index (χ1n) is 17.1. The molecule has 1 saturated heterocycles. The van der Waals surface area contributed by atoms with Gasteiger partial charge in [-0.2, -0.15) is 24.0 Å². The van der Waals surface area contributed by atoms with Crippen molar-refractivity contribution in [3.63, 3.8) is 0 Å². The number of nitrogens with zero attached hydrogens (tertiary/aromatic N) is 7. The van der Waals surface area contributed by atoms with Crippen molar-refractivity contribution in [1.29, 1.82) is 0 Å². The molecule has 3 aliphatic rings. The van der Waals surface area contributed by atoms with Gasteiger partial charge in [0, 0.05) is 47.0 Å². The number of aromatic nitrogens is 6. The van der Waals surface area contributed by atoms with Gasteiger partial charge in [-0.15, -0.1) is 0 Å². The van der Waals surface area contributed by atoms with Crippen LogP contribution in [0.25, 0.3) is 32.4 Å². The molecule has 4 atom stereocenters. The molecule has 11 nitrogen and oxygen atoms in total. The van der Waals surface area contributed by atoms with Gasteiger partial charge in [0.25, 0.3) is 12.3 Å². The lowest BCUT2D eigenvalue weighted by Gasteiger charge is -2.43. The Morgan fingerprint density at radius 3 is 2.44 bits per heavy atom. The fraction of sp³-hybridized carbons (Fsp3) is 0.361. The Hall–Kier alpha value is -5.23. The van der Waals surface area contributed by atoms with Crippen molar-refractivity contribution in [2.24, 2.45) is 18.7 Å². The molecular formula is C36H31F6N9O2S. The number of carbonyl (C=O) groups is 1. The number of β-amino-alcohol motifs (C(OH)–C–C–N with tert-alkyl or cyclic N) is 1. The molecule has 5 N–H and O–H groups in total. The van der Waals surface area contributed by atoms with E-state index < -0.39 is 77.1 Å². The number of nitrogens with two attached hydrogens (primary N) is 2. The fourth-order valence-corrected chi connectivity index (χ4v) is 9.38. The minimum absolute atomic E-state index is 0.00820. The summed E-state index contributed by atoms with van der Waals surface area (Å²) in [5.41, 5.74) is 11.0. The van der Waals surface area contributed by atoms with Gasteiger partial charge in [-0.05, 0) is 55.5 Å². The maximum absolute atomic E-state index is 16.1. The van der Waals surface area contributed by atoms with Crippen LogP contribution in [0.5, 0.6) is 0 Å². The van der Waals surface area contributed by atoms with Gasteiger partial charge in [-0.25, -0.2) is 27.2 Å². The number of alkyl halides is 4. The second-order valence-electron chi connectivity index (χ2n) is 14.7. The summed E-state index contributed by atoms with van der Waals surface area (Å²) >= 11 is 1.28. The Morgan fingerprint density at radius 2 is 1.78 bits per heavy atom. The summed E-state index contributed by atoms with van der Waals surface area (Å²) < 4.78 is 93.3. The maximum atomic E-state index is 16.1. The second-order valence-corrected chi connectivity index (χ2v) is 15.7. The predicted octanol–water partition coefficient (Wildman–Crippen LogP) is 6.07. The van der Waals surface area contributed by atoms with Crippen LogP contribution in [0.3, 0.4) is 0 Å².